The quantitative estimate of drug-likeness (QED) is 0.764. The van der Waals surface area contributed by atoms with Crippen LogP contribution in [-0.2, 0) is 11.2 Å². The number of fused-ring (bicyclic) bond motifs is 1. The van der Waals surface area contributed by atoms with Crippen LogP contribution >= 0.6 is 0 Å². The molecule has 0 saturated carbocycles. The van der Waals surface area contributed by atoms with E-state index < -0.39 is 0 Å². The number of ether oxygens (including phenoxy) is 1. The second-order valence-corrected chi connectivity index (χ2v) is 3.97. The van der Waals surface area contributed by atoms with Crippen molar-refractivity contribution in [1.29, 1.82) is 0 Å². The van der Waals surface area contributed by atoms with Crippen LogP contribution in [-0.4, -0.2) is 12.0 Å². The number of amides is 1. The van der Waals surface area contributed by atoms with Gasteiger partial charge < -0.3 is 10.1 Å². The molecular formula is C12H15NO2. The van der Waals surface area contributed by atoms with Crippen LogP contribution < -0.4 is 10.1 Å². The summed E-state index contributed by atoms with van der Waals surface area (Å²) in [6.45, 7) is 3.59. The molecule has 1 aromatic rings. The molecule has 15 heavy (non-hydrogen) atoms. The van der Waals surface area contributed by atoms with E-state index in [1.54, 1.807) is 0 Å². The monoisotopic (exact) mass is 205 g/mol. The first kappa shape index (κ1) is 10.0. The van der Waals surface area contributed by atoms with Crippen LogP contribution in [0.25, 0.3) is 0 Å². The summed E-state index contributed by atoms with van der Waals surface area (Å²) in [6.07, 6.45) is 2.35. The zero-order valence-electron chi connectivity index (χ0n) is 9.04. The lowest BCUT2D eigenvalue weighted by Crippen LogP contribution is -2.19. The van der Waals surface area contributed by atoms with Crippen molar-refractivity contribution in [2.45, 2.75) is 32.8 Å². The Kier molecular flexibility index (Phi) is 2.62. The van der Waals surface area contributed by atoms with Crippen molar-refractivity contribution >= 4 is 11.6 Å². The first-order chi connectivity index (χ1) is 7.15. The Morgan fingerprint density at radius 1 is 1.53 bits per heavy atom. The zero-order chi connectivity index (χ0) is 10.8. The summed E-state index contributed by atoms with van der Waals surface area (Å²) in [5.74, 6) is 0.905. The lowest BCUT2D eigenvalue weighted by Gasteiger charge is -2.23. The number of hydrogen-bond donors (Lipinski definition) is 1. The Hall–Kier alpha value is -1.51. The maximum Gasteiger partial charge on any atom is 0.221 e. The summed E-state index contributed by atoms with van der Waals surface area (Å²) >= 11 is 0. The number of aryl methyl sites for hydroxylation is 1. The fourth-order valence-electron chi connectivity index (χ4n) is 1.81. The van der Waals surface area contributed by atoms with E-state index in [0.29, 0.717) is 6.10 Å². The van der Waals surface area contributed by atoms with Crippen molar-refractivity contribution in [2.75, 3.05) is 5.32 Å². The van der Waals surface area contributed by atoms with Gasteiger partial charge in [-0.2, -0.15) is 0 Å². The molecule has 1 N–H and O–H groups in total. The Bertz CT molecular complexity index is 387. The third-order valence-corrected chi connectivity index (χ3v) is 2.53. The Labute approximate surface area is 89.4 Å². The van der Waals surface area contributed by atoms with E-state index in [2.05, 4.69) is 12.2 Å². The van der Waals surface area contributed by atoms with Gasteiger partial charge in [0.05, 0.1) is 6.10 Å². The Balaban J connectivity index is 2.23. The van der Waals surface area contributed by atoms with Gasteiger partial charge in [-0.15, -0.1) is 0 Å². The van der Waals surface area contributed by atoms with E-state index in [1.807, 2.05) is 18.2 Å². The third kappa shape index (κ3) is 2.29. The molecule has 0 spiro atoms. The average molecular weight is 205 g/mol. The summed E-state index contributed by atoms with van der Waals surface area (Å²) in [5.41, 5.74) is 2.03. The van der Waals surface area contributed by atoms with Crippen LogP contribution in [0.2, 0.25) is 0 Å². The minimum atomic E-state index is -0.0416. The predicted octanol–water partition coefficient (Wildman–Crippen LogP) is 2.36. The molecule has 1 aliphatic rings. The molecule has 1 heterocycles. The fourth-order valence-corrected chi connectivity index (χ4v) is 1.81. The molecule has 1 atom stereocenters. The van der Waals surface area contributed by atoms with E-state index >= 15 is 0 Å². The lowest BCUT2D eigenvalue weighted by molar-refractivity contribution is -0.114. The van der Waals surface area contributed by atoms with E-state index in [0.717, 1.165) is 24.3 Å². The molecule has 0 saturated heterocycles. The largest absolute Gasteiger partial charge is 0.490 e. The highest BCUT2D eigenvalue weighted by molar-refractivity contribution is 5.88. The van der Waals surface area contributed by atoms with E-state index in [-0.39, 0.29) is 5.91 Å². The van der Waals surface area contributed by atoms with Gasteiger partial charge in [0.2, 0.25) is 5.91 Å². The topological polar surface area (TPSA) is 38.3 Å². The number of benzene rings is 1. The second kappa shape index (κ2) is 3.93. The van der Waals surface area contributed by atoms with Crippen molar-refractivity contribution < 1.29 is 9.53 Å². The maximum atomic E-state index is 10.9. The van der Waals surface area contributed by atoms with Gasteiger partial charge in [-0.1, -0.05) is 0 Å². The fraction of sp³-hybridized carbons (Fsp3) is 0.417. The first-order valence-corrected chi connectivity index (χ1v) is 5.22. The van der Waals surface area contributed by atoms with Crippen molar-refractivity contribution in [3.63, 3.8) is 0 Å². The standard InChI is InChI=1S/C12H15NO2/c1-8-3-4-10-7-11(13-9(2)14)5-6-12(10)15-8/h5-8H,3-4H2,1-2H3,(H,13,14). The molecular weight excluding hydrogens is 190 g/mol. The van der Waals surface area contributed by atoms with Crippen LogP contribution in [0.5, 0.6) is 5.75 Å². The molecule has 80 valence electrons. The predicted molar refractivity (Wildman–Crippen MR) is 59.2 cm³/mol. The average Bonchev–Trinajstić information content (AvgIpc) is 2.17. The molecule has 1 amide bonds. The molecule has 0 aliphatic carbocycles. The molecule has 1 unspecified atom stereocenters. The van der Waals surface area contributed by atoms with Crippen LogP contribution in [0.3, 0.4) is 0 Å². The lowest BCUT2D eigenvalue weighted by atomic mass is 10.0. The molecule has 0 bridgehead atoms. The van der Waals surface area contributed by atoms with Gasteiger partial charge in [-0.3, -0.25) is 4.79 Å². The number of anilines is 1. The normalized spacial score (nSPS) is 18.9. The van der Waals surface area contributed by atoms with Crippen LogP contribution in [0.4, 0.5) is 5.69 Å². The van der Waals surface area contributed by atoms with E-state index in [9.17, 15) is 4.79 Å². The van der Waals surface area contributed by atoms with Crippen LogP contribution in [0, 0.1) is 0 Å². The number of carbonyl (C=O) groups is 1. The first-order valence-electron chi connectivity index (χ1n) is 5.22. The minimum Gasteiger partial charge on any atom is -0.490 e. The van der Waals surface area contributed by atoms with Gasteiger partial charge in [0.25, 0.3) is 0 Å². The summed E-state index contributed by atoms with van der Waals surface area (Å²) in [5, 5.41) is 2.77. The SMILES string of the molecule is CC(=O)Nc1ccc2c(c1)CCC(C)O2. The number of nitrogens with one attached hydrogen (secondary N) is 1. The molecule has 0 aromatic heterocycles. The van der Waals surface area contributed by atoms with Crippen molar-refractivity contribution in [2.24, 2.45) is 0 Å². The molecule has 1 aromatic carbocycles. The van der Waals surface area contributed by atoms with Gasteiger partial charge in [0.1, 0.15) is 5.75 Å². The Morgan fingerprint density at radius 2 is 2.33 bits per heavy atom. The van der Waals surface area contributed by atoms with Crippen LogP contribution in [0.1, 0.15) is 25.8 Å². The summed E-state index contributed by atoms with van der Waals surface area (Å²) in [4.78, 5) is 10.9. The second-order valence-electron chi connectivity index (χ2n) is 3.97. The van der Waals surface area contributed by atoms with Crippen molar-refractivity contribution in [1.82, 2.24) is 0 Å². The molecule has 3 nitrogen and oxygen atoms in total. The van der Waals surface area contributed by atoms with Crippen molar-refractivity contribution in [3.05, 3.63) is 23.8 Å². The van der Waals surface area contributed by atoms with E-state index in [1.165, 1.54) is 12.5 Å². The summed E-state index contributed by atoms with van der Waals surface area (Å²) in [6, 6.07) is 5.79. The zero-order valence-corrected chi connectivity index (χ0v) is 9.04. The molecule has 3 heteroatoms. The highest BCUT2D eigenvalue weighted by Gasteiger charge is 2.16. The maximum absolute atomic E-state index is 10.9. The summed E-state index contributed by atoms with van der Waals surface area (Å²) < 4.78 is 5.68. The highest BCUT2D eigenvalue weighted by atomic mass is 16.5. The van der Waals surface area contributed by atoms with Gasteiger partial charge in [-0.25, -0.2) is 0 Å². The minimum absolute atomic E-state index is 0.0416. The molecule has 1 aliphatic heterocycles. The Morgan fingerprint density at radius 3 is 3.07 bits per heavy atom. The molecule has 0 fully saturated rings. The molecule has 2 rings (SSSR count). The van der Waals surface area contributed by atoms with Gasteiger partial charge in [0, 0.05) is 12.6 Å². The number of rotatable bonds is 1. The number of carbonyl (C=O) groups excluding carboxylic acids is 1. The van der Waals surface area contributed by atoms with Crippen molar-refractivity contribution in [3.8, 4) is 5.75 Å². The van der Waals surface area contributed by atoms with Crippen LogP contribution in [0.15, 0.2) is 18.2 Å². The summed E-state index contributed by atoms with van der Waals surface area (Å²) in [7, 11) is 0. The van der Waals surface area contributed by atoms with Gasteiger partial charge >= 0.3 is 0 Å². The van der Waals surface area contributed by atoms with Gasteiger partial charge in [-0.05, 0) is 43.5 Å². The van der Waals surface area contributed by atoms with E-state index in [4.69, 9.17) is 4.74 Å². The highest BCUT2D eigenvalue weighted by Crippen LogP contribution is 2.29. The third-order valence-electron chi connectivity index (χ3n) is 2.53. The molecule has 0 radical (unpaired) electrons. The number of hydrogen-bond acceptors (Lipinski definition) is 2. The smallest absolute Gasteiger partial charge is 0.221 e. The van der Waals surface area contributed by atoms with Gasteiger partial charge in [0.15, 0.2) is 0 Å².